The van der Waals surface area contributed by atoms with Gasteiger partial charge >= 0.3 is 0 Å². The van der Waals surface area contributed by atoms with Crippen molar-refractivity contribution in [2.75, 3.05) is 0 Å². The van der Waals surface area contributed by atoms with Crippen molar-refractivity contribution in [1.82, 2.24) is 0 Å². The lowest BCUT2D eigenvalue weighted by Crippen LogP contribution is -2.46. The highest BCUT2D eigenvalue weighted by Gasteiger charge is 2.52. The van der Waals surface area contributed by atoms with Gasteiger partial charge in [0.2, 0.25) is 0 Å². The normalized spacial score (nSPS) is 25.2. The van der Waals surface area contributed by atoms with Crippen molar-refractivity contribution in [3.05, 3.63) is 41.2 Å². The Morgan fingerprint density at radius 1 is 0.774 bits per heavy atom. The molecule has 0 amide bonds. The van der Waals surface area contributed by atoms with Crippen LogP contribution in [-0.2, 0) is 14.4 Å². The number of fused-ring (bicyclic) bond motifs is 1. The van der Waals surface area contributed by atoms with Crippen LogP contribution in [0.4, 0.5) is 0 Å². The Morgan fingerprint density at radius 3 is 1.90 bits per heavy atom. The van der Waals surface area contributed by atoms with Gasteiger partial charge in [-0.15, -0.1) is 0 Å². The largest absolute Gasteiger partial charge is 0.461 e. The molecule has 2 aliphatic carbocycles. The number of ether oxygens (including phenoxy) is 1. The molecule has 0 N–H and O–H groups in total. The van der Waals surface area contributed by atoms with E-state index in [1.54, 1.807) is 0 Å². The second-order valence-electron chi connectivity index (χ2n) is 9.91. The molecular weight excluding hydrogens is 388 g/mol. The fourth-order valence-corrected chi connectivity index (χ4v) is 6.07. The molecule has 166 valence electrons. The van der Waals surface area contributed by atoms with Crippen LogP contribution in [0, 0.1) is 16.7 Å². The van der Waals surface area contributed by atoms with Crippen LogP contribution in [0.3, 0.4) is 0 Å². The number of benzene rings is 1. The average Bonchev–Trinajstić information content (AvgIpc) is 2.77. The molecule has 1 aromatic carbocycles. The summed E-state index contributed by atoms with van der Waals surface area (Å²) in [4.78, 5) is 40.5. The van der Waals surface area contributed by atoms with E-state index in [0.29, 0.717) is 42.8 Å². The highest BCUT2D eigenvalue weighted by molar-refractivity contribution is 6.09. The summed E-state index contributed by atoms with van der Waals surface area (Å²) < 4.78 is 6.28. The van der Waals surface area contributed by atoms with Crippen molar-refractivity contribution in [3.63, 3.8) is 0 Å². The molecule has 0 radical (unpaired) electrons. The number of rotatable bonds is 5. The van der Waals surface area contributed by atoms with Gasteiger partial charge in [0.25, 0.3) is 0 Å². The van der Waals surface area contributed by atoms with Gasteiger partial charge in [-0.05, 0) is 42.6 Å². The molecule has 1 unspecified atom stereocenters. The molecule has 4 heteroatoms. The van der Waals surface area contributed by atoms with E-state index in [9.17, 15) is 14.4 Å². The Morgan fingerprint density at radius 2 is 1.32 bits per heavy atom. The van der Waals surface area contributed by atoms with E-state index in [0.717, 1.165) is 31.2 Å². The molecule has 0 saturated heterocycles. The predicted molar refractivity (Wildman–Crippen MR) is 120 cm³/mol. The number of hydrogen-bond donors (Lipinski definition) is 0. The third-order valence-electron chi connectivity index (χ3n) is 8.60. The minimum atomic E-state index is -0.777. The predicted octanol–water partition coefficient (Wildman–Crippen LogP) is 5.94. The number of para-hydroxylation sites is 1. The third kappa shape index (κ3) is 3.48. The van der Waals surface area contributed by atoms with Gasteiger partial charge in [0.15, 0.2) is 5.78 Å². The van der Waals surface area contributed by atoms with Crippen LogP contribution in [0.1, 0.15) is 90.5 Å². The molecule has 1 fully saturated rings. The molecule has 1 saturated carbocycles. The van der Waals surface area contributed by atoms with Crippen molar-refractivity contribution in [2.45, 2.75) is 85.0 Å². The lowest BCUT2D eigenvalue weighted by molar-refractivity contribution is -0.141. The Labute approximate surface area is 185 Å². The molecule has 0 bridgehead atoms. The van der Waals surface area contributed by atoms with Crippen molar-refractivity contribution >= 4 is 17.3 Å². The minimum Gasteiger partial charge on any atom is -0.461 e. The van der Waals surface area contributed by atoms with E-state index >= 15 is 0 Å². The Kier molecular flexibility index (Phi) is 5.70. The zero-order valence-electron chi connectivity index (χ0n) is 19.3. The first-order valence-corrected chi connectivity index (χ1v) is 11.9. The molecule has 1 atom stereocenters. The SMILES string of the molecule is CCC1(CC)CC(=O)C(C2C3=C(CC(CC)(CC)CC3=O)Oc3ccccc32)C(=O)C1. The Hall–Kier alpha value is -2.23. The van der Waals surface area contributed by atoms with Gasteiger partial charge < -0.3 is 4.74 Å². The molecule has 3 aliphatic rings. The number of hydrogen-bond acceptors (Lipinski definition) is 4. The summed E-state index contributed by atoms with van der Waals surface area (Å²) in [6.07, 6.45) is 5.43. The number of carbonyl (C=O) groups excluding carboxylic acids is 3. The van der Waals surface area contributed by atoms with Crippen LogP contribution in [-0.4, -0.2) is 17.3 Å². The van der Waals surface area contributed by atoms with Crippen LogP contribution in [0.15, 0.2) is 35.6 Å². The first-order valence-electron chi connectivity index (χ1n) is 11.9. The third-order valence-corrected chi connectivity index (χ3v) is 8.60. The molecule has 0 aromatic heterocycles. The fourth-order valence-electron chi connectivity index (χ4n) is 6.07. The maximum Gasteiger partial charge on any atom is 0.163 e. The molecule has 1 aromatic rings. The second kappa shape index (κ2) is 8.03. The number of ketones is 3. The highest BCUT2D eigenvalue weighted by Crippen LogP contribution is 2.54. The van der Waals surface area contributed by atoms with Gasteiger partial charge in [0.1, 0.15) is 23.1 Å². The van der Waals surface area contributed by atoms with Crippen molar-refractivity contribution < 1.29 is 19.1 Å². The minimum absolute atomic E-state index is 0.0101. The van der Waals surface area contributed by atoms with E-state index in [1.165, 1.54) is 0 Å². The quantitative estimate of drug-likeness (QED) is 0.551. The van der Waals surface area contributed by atoms with Crippen LogP contribution >= 0.6 is 0 Å². The molecular formula is C27H34O4. The van der Waals surface area contributed by atoms with Crippen molar-refractivity contribution in [2.24, 2.45) is 16.7 Å². The van der Waals surface area contributed by atoms with E-state index in [4.69, 9.17) is 4.74 Å². The van der Waals surface area contributed by atoms with Crippen LogP contribution in [0.5, 0.6) is 5.75 Å². The summed E-state index contributed by atoms with van der Waals surface area (Å²) in [5, 5.41) is 0. The summed E-state index contributed by atoms with van der Waals surface area (Å²) in [6, 6.07) is 7.62. The van der Waals surface area contributed by atoms with E-state index in [-0.39, 0.29) is 28.2 Å². The highest BCUT2D eigenvalue weighted by atomic mass is 16.5. The van der Waals surface area contributed by atoms with E-state index in [1.807, 2.05) is 24.3 Å². The molecule has 31 heavy (non-hydrogen) atoms. The van der Waals surface area contributed by atoms with Crippen molar-refractivity contribution in [3.8, 4) is 5.75 Å². The van der Waals surface area contributed by atoms with Crippen LogP contribution in [0.2, 0.25) is 0 Å². The first kappa shape index (κ1) is 22.0. The Balaban J connectivity index is 1.82. The lowest BCUT2D eigenvalue weighted by Gasteiger charge is -2.44. The maximum atomic E-state index is 13.5. The monoisotopic (exact) mass is 422 g/mol. The van der Waals surface area contributed by atoms with Gasteiger partial charge in [-0.3, -0.25) is 14.4 Å². The zero-order chi connectivity index (χ0) is 22.4. The van der Waals surface area contributed by atoms with Gasteiger partial charge in [0.05, 0.1) is 5.92 Å². The summed E-state index contributed by atoms with van der Waals surface area (Å²) in [6.45, 7) is 8.38. The number of Topliss-reactive ketones (excluding diaryl/α,β-unsaturated/α-hetero) is 3. The first-order chi connectivity index (χ1) is 14.8. The molecule has 1 aliphatic heterocycles. The van der Waals surface area contributed by atoms with Gasteiger partial charge in [-0.25, -0.2) is 0 Å². The van der Waals surface area contributed by atoms with E-state index < -0.39 is 11.8 Å². The lowest BCUT2D eigenvalue weighted by atomic mass is 9.59. The summed E-state index contributed by atoms with van der Waals surface area (Å²) in [7, 11) is 0. The van der Waals surface area contributed by atoms with Crippen LogP contribution < -0.4 is 4.74 Å². The molecule has 4 nitrogen and oxygen atoms in total. The summed E-state index contributed by atoms with van der Waals surface area (Å²) >= 11 is 0. The van der Waals surface area contributed by atoms with Crippen LogP contribution in [0.25, 0.3) is 0 Å². The standard InChI is InChI=1S/C27H34O4/c1-5-26(6-2)13-18(28)24(19(29)14-26)23-17-11-9-10-12-21(17)31-22-16-27(7-3,8-4)15-20(30)25(22)23/h9-12,23-24H,5-8,13-16H2,1-4H3. The maximum absolute atomic E-state index is 13.5. The Bertz CT molecular complexity index is 926. The number of carbonyl (C=O) groups is 3. The van der Waals surface area contributed by atoms with E-state index in [2.05, 4.69) is 27.7 Å². The zero-order valence-corrected chi connectivity index (χ0v) is 19.3. The van der Waals surface area contributed by atoms with Gasteiger partial charge in [-0.2, -0.15) is 0 Å². The number of allylic oxidation sites excluding steroid dienone is 2. The van der Waals surface area contributed by atoms with Gasteiger partial charge in [-0.1, -0.05) is 45.9 Å². The topological polar surface area (TPSA) is 60.4 Å². The molecule has 1 heterocycles. The smallest absolute Gasteiger partial charge is 0.163 e. The molecule has 0 spiro atoms. The second-order valence-corrected chi connectivity index (χ2v) is 9.91. The van der Waals surface area contributed by atoms with Crippen molar-refractivity contribution in [1.29, 1.82) is 0 Å². The fraction of sp³-hybridized carbons (Fsp3) is 0.593. The van der Waals surface area contributed by atoms with Gasteiger partial charge in [0, 0.05) is 42.7 Å². The average molecular weight is 423 g/mol. The summed E-state index contributed by atoms with van der Waals surface area (Å²) in [5.41, 5.74) is 1.06. The molecule has 4 rings (SSSR count). The summed E-state index contributed by atoms with van der Waals surface area (Å²) in [5.74, 6) is 0.116.